The zero-order valence-electron chi connectivity index (χ0n) is 9.70. The molecule has 1 unspecified atom stereocenters. The largest absolute Gasteiger partial charge is 0.480 e. The second-order valence-electron chi connectivity index (χ2n) is 4.00. The zero-order valence-corrected chi connectivity index (χ0v) is 9.70. The number of nitrogens with zero attached hydrogens (tertiary/aromatic N) is 1. The van der Waals surface area contributed by atoms with Gasteiger partial charge in [-0.05, 0) is 12.1 Å². The highest BCUT2D eigenvalue weighted by molar-refractivity contribution is 5.99. The number of ether oxygens (including phenoxy) is 1. The topological polar surface area (TPSA) is 92.9 Å². The third-order valence-corrected chi connectivity index (χ3v) is 2.89. The quantitative estimate of drug-likeness (QED) is 0.792. The summed E-state index contributed by atoms with van der Waals surface area (Å²) in [4.78, 5) is 24.2. The predicted molar refractivity (Wildman–Crippen MR) is 64.5 cm³/mol. The van der Waals surface area contributed by atoms with Gasteiger partial charge >= 0.3 is 5.97 Å². The van der Waals surface area contributed by atoms with Gasteiger partial charge in [-0.15, -0.1) is 0 Å². The molecule has 6 nitrogen and oxygen atoms in total. The van der Waals surface area contributed by atoms with Crippen LogP contribution in [0.1, 0.15) is 10.4 Å². The molecule has 1 saturated heterocycles. The maximum absolute atomic E-state index is 11.4. The molecule has 0 aliphatic carbocycles. The fourth-order valence-corrected chi connectivity index (χ4v) is 2.03. The van der Waals surface area contributed by atoms with E-state index in [0.29, 0.717) is 24.4 Å². The minimum atomic E-state index is -0.978. The SMILES string of the molecule is NC(=O)c1ccccc1N1CCOCC1C(=O)O. The highest BCUT2D eigenvalue weighted by atomic mass is 16.5. The third kappa shape index (κ3) is 2.28. The number of nitrogens with two attached hydrogens (primary N) is 1. The van der Waals surface area contributed by atoms with Crippen LogP contribution in [-0.4, -0.2) is 42.8 Å². The second-order valence-corrected chi connectivity index (χ2v) is 4.00. The molecule has 18 heavy (non-hydrogen) atoms. The Labute approximate surface area is 104 Å². The molecule has 1 amide bonds. The molecule has 2 rings (SSSR count). The maximum Gasteiger partial charge on any atom is 0.328 e. The molecule has 1 aliphatic heterocycles. The smallest absolute Gasteiger partial charge is 0.328 e. The van der Waals surface area contributed by atoms with E-state index >= 15 is 0 Å². The van der Waals surface area contributed by atoms with E-state index in [1.54, 1.807) is 29.2 Å². The van der Waals surface area contributed by atoms with E-state index in [0.717, 1.165) is 0 Å². The normalized spacial score (nSPS) is 19.6. The lowest BCUT2D eigenvalue weighted by molar-refractivity contribution is -0.141. The summed E-state index contributed by atoms with van der Waals surface area (Å²) in [6, 6.07) is 5.93. The molecule has 0 aromatic heterocycles. The summed E-state index contributed by atoms with van der Waals surface area (Å²) < 4.78 is 5.16. The molecule has 0 radical (unpaired) electrons. The van der Waals surface area contributed by atoms with Gasteiger partial charge in [0, 0.05) is 6.54 Å². The Kier molecular flexibility index (Phi) is 3.47. The Bertz CT molecular complexity index is 475. The van der Waals surface area contributed by atoms with Crippen LogP contribution in [0, 0.1) is 0 Å². The number of anilines is 1. The number of amides is 1. The predicted octanol–water partition coefficient (Wildman–Crippen LogP) is 0.0753. The van der Waals surface area contributed by atoms with Crippen LogP contribution in [0.2, 0.25) is 0 Å². The number of hydrogen-bond donors (Lipinski definition) is 2. The van der Waals surface area contributed by atoms with E-state index in [9.17, 15) is 9.59 Å². The van der Waals surface area contributed by atoms with Crippen LogP contribution in [0.4, 0.5) is 5.69 Å². The van der Waals surface area contributed by atoms with Crippen molar-refractivity contribution in [3.63, 3.8) is 0 Å². The van der Waals surface area contributed by atoms with E-state index in [1.807, 2.05) is 0 Å². The number of morpholine rings is 1. The first-order valence-electron chi connectivity index (χ1n) is 5.57. The molecule has 1 heterocycles. The Morgan fingerprint density at radius 2 is 2.11 bits per heavy atom. The number of carboxylic acid groups (broad SMARTS) is 1. The highest BCUT2D eigenvalue weighted by Gasteiger charge is 2.31. The molecule has 1 atom stereocenters. The minimum absolute atomic E-state index is 0.0996. The summed E-state index contributed by atoms with van der Waals surface area (Å²) in [6.45, 7) is 0.945. The molecule has 0 bridgehead atoms. The number of aliphatic carboxylic acids is 1. The van der Waals surface area contributed by atoms with Crippen molar-refractivity contribution in [2.24, 2.45) is 5.73 Å². The summed E-state index contributed by atoms with van der Waals surface area (Å²) >= 11 is 0. The van der Waals surface area contributed by atoms with Crippen molar-refractivity contribution in [2.45, 2.75) is 6.04 Å². The van der Waals surface area contributed by atoms with Gasteiger partial charge in [-0.2, -0.15) is 0 Å². The Morgan fingerprint density at radius 3 is 2.78 bits per heavy atom. The Morgan fingerprint density at radius 1 is 1.39 bits per heavy atom. The van der Waals surface area contributed by atoms with Crippen LogP contribution >= 0.6 is 0 Å². The summed E-state index contributed by atoms with van der Waals surface area (Å²) in [5, 5.41) is 9.16. The van der Waals surface area contributed by atoms with Crippen LogP contribution in [-0.2, 0) is 9.53 Å². The van der Waals surface area contributed by atoms with Crippen molar-refractivity contribution in [3.8, 4) is 0 Å². The van der Waals surface area contributed by atoms with E-state index in [4.69, 9.17) is 15.6 Å². The van der Waals surface area contributed by atoms with Gasteiger partial charge in [-0.25, -0.2) is 4.79 Å². The number of hydrogen-bond acceptors (Lipinski definition) is 4. The lowest BCUT2D eigenvalue weighted by atomic mass is 10.1. The van der Waals surface area contributed by atoms with Crippen LogP contribution in [0.5, 0.6) is 0 Å². The van der Waals surface area contributed by atoms with Crippen LogP contribution in [0.15, 0.2) is 24.3 Å². The lowest BCUT2D eigenvalue weighted by Crippen LogP contribution is -2.50. The van der Waals surface area contributed by atoms with Crippen molar-refractivity contribution >= 4 is 17.6 Å². The Hall–Kier alpha value is -2.08. The first-order chi connectivity index (χ1) is 8.61. The number of carboxylic acids is 1. The average molecular weight is 250 g/mol. The number of para-hydroxylation sites is 1. The van der Waals surface area contributed by atoms with Crippen molar-refractivity contribution in [1.82, 2.24) is 0 Å². The molecule has 1 aromatic rings. The van der Waals surface area contributed by atoms with E-state index in [-0.39, 0.29) is 6.61 Å². The standard InChI is InChI=1S/C12H14N2O4/c13-11(15)8-3-1-2-4-9(8)14-5-6-18-7-10(14)12(16)17/h1-4,10H,5-7H2,(H2,13,15)(H,16,17). The van der Waals surface area contributed by atoms with Crippen LogP contribution in [0.25, 0.3) is 0 Å². The summed E-state index contributed by atoms with van der Waals surface area (Å²) in [5.74, 6) is -1.55. The summed E-state index contributed by atoms with van der Waals surface area (Å²) in [7, 11) is 0. The van der Waals surface area contributed by atoms with Crippen molar-refractivity contribution in [3.05, 3.63) is 29.8 Å². The minimum Gasteiger partial charge on any atom is -0.480 e. The number of carbonyl (C=O) groups excluding carboxylic acids is 1. The van der Waals surface area contributed by atoms with Gasteiger partial charge in [-0.1, -0.05) is 12.1 Å². The molecular formula is C12H14N2O4. The first-order valence-corrected chi connectivity index (χ1v) is 5.57. The first kappa shape index (κ1) is 12.4. The number of benzene rings is 1. The van der Waals surface area contributed by atoms with Gasteiger partial charge in [0.05, 0.1) is 24.5 Å². The Balaban J connectivity index is 2.39. The summed E-state index contributed by atoms with van der Waals surface area (Å²) in [5.41, 5.74) is 6.17. The number of rotatable bonds is 3. The van der Waals surface area contributed by atoms with Gasteiger partial charge < -0.3 is 20.5 Å². The average Bonchev–Trinajstić information content (AvgIpc) is 2.38. The monoisotopic (exact) mass is 250 g/mol. The summed E-state index contributed by atoms with van der Waals surface area (Å²) in [6.07, 6.45) is 0. The van der Waals surface area contributed by atoms with Gasteiger partial charge in [0.15, 0.2) is 6.04 Å². The van der Waals surface area contributed by atoms with E-state index in [1.165, 1.54) is 0 Å². The van der Waals surface area contributed by atoms with Gasteiger partial charge in [0.2, 0.25) is 0 Å². The molecule has 3 N–H and O–H groups in total. The zero-order chi connectivity index (χ0) is 13.1. The fourth-order valence-electron chi connectivity index (χ4n) is 2.03. The van der Waals surface area contributed by atoms with Crippen molar-refractivity contribution in [1.29, 1.82) is 0 Å². The van der Waals surface area contributed by atoms with Crippen molar-refractivity contribution < 1.29 is 19.4 Å². The van der Waals surface area contributed by atoms with Crippen molar-refractivity contribution in [2.75, 3.05) is 24.7 Å². The molecule has 0 saturated carbocycles. The highest BCUT2D eigenvalue weighted by Crippen LogP contribution is 2.24. The van der Waals surface area contributed by atoms with Crippen LogP contribution in [0.3, 0.4) is 0 Å². The maximum atomic E-state index is 11.4. The molecule has 1 fully saturated rings. The molecule has 6 heteroatoms. The van der Waals surface area contributed by atoms with Gasteiger partial charge in [0.25, 0.3) is 5.91 Å². The number of carbonyl (C=O) groups is 2. The van der Waals surface area contributed by atoms with E-state index < -0.39 is 17.9 Å². The second kappa shape index (κ2) is 5.05. The lowest BCUT2D eigenvalue weighted by Gasteiger charge is -2.35. The van der Waals surface area contributed by atoms with E-state index in [2.05, 4.69) is 0 Å². The third-order valence-electron chi connectivity index (χ3n) is 2.89. The molecule has 1 aromatic carbocycles. The molecule has 96 valence electrons. The van der Waals surface area contributed by atoms with Gasteiger partial charge in [0.1, 0.15) is 0 Å². The molecule has 0 spiro atoms. The fraction of sp³-hybridized carbons (Fsp3) is 0.333. The van der Waals surface area contributed by atoms with Crippen LogP contribution < -0.4 is 10.6 Å². The molecule has 1 aliphatic rings. The number of primary amides is 1. The molecular weight excluding hydrogens is 236 g/mol. The van der Waals surface area contributed by atoms with Gasteiger partial charge in [-0.3, -0.25) is 4.79 Å².